The van der Waals surface area contributed by atoms with Gasteiger partial charge in [0.15, 0.2) is 11.5 Å². The Morgan fingerprint density at radius 2 is 2.11 bits per heavy atom. The van der Waals surface area contributed by atoms with Crippen LogP contribution in [0.2, 0.25) is 0 Å². The van der Waals surface area contributed by atoms with Crippen LogP contribution >= 0.6 is 0 Å². The van der Waals surface area contributed by atoms with Crippen LogP contribution in [0.15, 0.2) is 36.9 Å². The lowest BCUT2D eigenvalue weighted by Gasteiger charge is -2.18. The van der Waals surface area contributed by atoms with Crippen molar-refractivity contribution in [3.05, 3.63) is 36.9 Å². The smallest absolute Gasteiger partial charge is 0.331 e. The minimum Gasteiger partial charge on any atom is -0.486 e. The zero-order valence-electron chi connectivity index (χ0n) is 9.50. The van der Waals surface area contributed by atoms with Gasteiger partial charge in [-0.3, -0.25) is 4.57 Å². The molecule has 0 saturated heterocycles. The third-order valence-electron chi connectivity index (χ3n) is 2.53. The molecule has 0 spiro atoms. The molecule has 0 fully saturated rings. The molecule has 1 amide bonds. The molecule has 1 aliphatic rings. The maximum Gasteiger partial charge on any atom is 0.331 e. The van der Waals surface area contributed by atoms with Gasteiger partial charge in [0.25, 0.3) is 0 Å². The van der Waals surface area contributed by atoms with Crippen molar-refractivity contribution >= 4 is 11.7 Å². The van der Waals surface area contributed by atoms with Crippen LogP contribution in [-0.4, -0.2) is 28.8 Å². The van der Waals surface area contributed by atoms with Gasteiger partial charge in [0.2, 0.25) is 0 Å². The van der Waals surface area contributed by atoms with Gasteiger partial charge < -0.3 is 14.8 Å². The summed E-state index contributed by atoms with van der Waals surface area (Å²) in [6, 6.07) is 5.01. The number of rotatable bonds is 1. The maximum absolute atomic E-state index is 11.8. The van der Waals surface area contributed by atoms with Crippen LogP contribution in [-0.2, 0) is 0 Å². The summed E-state index contributed by atoms with van der Waals surface area (Å²) in [6.45, 7) is 1.07. The summed E-state index contributed by atoms with van der Waals surface area (Å²) in [7, 11) is 0. The largest absolute Gasteiger partial charge is 0.486 e. The fraction of sp³-hybridized carbons (Fsp3) is 0.167. The fourth-order valence-electron chi connectivity index (χ4n) is 1.69. The number of hydrogen-bond acceptors (Lipinski definition) is 4. The van der Waals surface area contributed by atoms with E-state index in [9.17, 15) is 4.79 Å². The number of aromatic nitrogens is 2. The number of fused-ring (bicyclic) bond motifs is 1. The van der Waals surface area contributed by atoms with Crippen molar-refractivity contribution < 1.29 is 14.3 Å². The molecule has 1 aromatic carbocycles. The molecule has 0 radical (unpaired) electrons. The van der Waals surface area contributed by atoms with Crippen LogP contribution < -0.4 is 14.8 Å². The lowest BCUT2D eigenvalue weighted by Crippen LogP contribution is -2.19. The number of carbonyl (C=O) groups is 1. The number of carbonyl (C=O) groups excluding carboxylic acids is 1. The van der Waals surface area contributed by atoms with Crippen molar-refractivity contribution in [1.29, 1.82) is 0 Å². The first-order valence-electron chi connectivity index (χ1n) is 5.52. The summed E-state index contributed by atoms with van der Waals surface area (Å²) in [4.78, 5) is 15.6. The van der Waals surface area contributed by atoms with Crippen LogP contribution in [0.5, 0.6) is 11.5 Å². The molecule has 1 aromatic heterocycles. The summed E-state index contributed by atoms with van der Waals surface area (Å²) < 4.78 is 12.2. The number of nitrogens with zero attached hydrogens (tertiary/aromatic N) is 2. The zero-order chi connectivity index (χ0) is 12.4. The van der Waals surface area contributed by atoms with Gasteiger partial charge in [0.1, 0.15) is 19.5 Å². The number of amides is 1. The molecule has 1 aliphatic heterocycles. The van der Waals surface area contributed by atoms with Crippen molar-refractivity contribution in [3.8, 4) is 11.5 Å². The molecule has 1 N–H and O–H groups in total. The predicted molar refractivity (Wildman–Crippen MR) is 64.1 cm³/mol. The monoisotopic (exact) mass is 245 g/mol. The van der Waals surface area contributed by atoms with E-state index >= 15 is 0 Å². The Hall–Kier alpha value is -2.50. The number of nitrogens with one attached hydrogen (secondary N) is 1. The first-order valence-corrected chi connectivity index (χ1v) is 5.52. The van der Waals surface area contributed by atoms with Gasteiger partial charge in [0, 0.05) is 24.1 Å². The van der Waals surface area contributed by atoms with Gasteiger partial charge in [-0.15, -0.1) is 0 Å². The Labute approximate surface area is 103 Å². The number of ether oxygens (including phenoxy) is 2. The highest BCUT2D eigenvalue weighted by Gasteiger charge is 2.12. The Balaban J connectivity index is 1.79. The number of imidazole rings is 1. The van der Waals surface area contributed by atoms with Crippen LogP contribution in [0.3, 0.4) is 0 Å². The number of anilines is 1. The molecule has 18 heavy (non-hydrogen) atoms. The van der Waals surface area contributed by atoms with Crippen LogP contribution in [0.25, 0.3) is 0 Å². The van der Waals surface area contributed by atoms with E-state index in [0.29, 0.717) is 30.4 Å². The van der Waals surface area contributed by atoms with E-state index in [4.69, 9.17) is 9.47 Å². The number of benzene rings is 1. The minimum absolute atomic E-state index is 0.274. The topological polar surface area (TPSA) is 65.4 Å². The minimum atomic E-state index is -0.274. The molecule has 92 valence electrons. The van der Waals surface area contributed by atoms with E-state index in [0.717, 1.165) is 0 Å². The summed E-state index contributed by atoms with van der Waals surface area (Å²) in [5.74, 6) is 1.34. The SMILES string of the molecule is O=C(Nc1ccc2c(c1)OCCO2)n1ccnc1. The Morgan fingerprint density at radius 3 is 2.89 bits per heavy atom. The summed E-state index contributed by atoms with van der Waals surface area (Å²) in [6.07, 6.45) is 4.56. The molecule has 2 heterocycles. The second-order valence-corrected chi connectivity index (χ2v) is 3.76. The average molecular weight is 245 g/mol. The van der Waals surface area contributed by atoms with Crippen molar-refractivity contribution in [2.75, 3.05) is 18.5 Å². The van der Waals surface area contributed by atoms with Gasteiger partial charge in [0.05, 0.1) is 0 Å². The first-order chi connectivity index (χ1) is 8.83. The normalized spacial score (nSPS) is 13.1. The van der Waals surface area contributed by atoms with Crippen molar-refractivity contribution in [1.82, 2.24) is 9.55 Å². The third kappa shape index (κ3) is 2.00. The molecule has 0 unspecified atom stereocenters. The Bertz CT molecular complexity index is 566. The van der Waals surface area contributed by atoms with Crippen LogP contribution in [0.1, 0.15) is 0 Å². The highest BCUT2D eigenvalue weighted by atomic mass is 16.6. The van der Waals surface area contributed by atoms with Crippen molar-refractivity contribution in [2.45, 2.75) is 0 Å². The highest BCUT2D eigenvalue weighted by Crippen LogP contribution is 2.32. The van der Waals surface area contributed by atoms with Gasteiger partial charge >= 0.3 is 6.03 Å². The molecule has 3 rings (SSSR count). The standard InChI is InChI=1S/C12H11N3O3/c16-12(15-4-3-13-8-15)14-9-1-2-10-11(7-9)18-6-5-17-10/h1-4,7-8H,5-6H2,(H,14,16). The maximum atomic E-state index is 11.8. The molecule has 0 aliphatic carbocycles. The Morgan fingerprint density at radius 1 is 1.28 bits per heavy atom. The Kier molecular flexibility index (Phi) is 2.60. The first kappa shape index (κ1) is 10.6. The zero-order valence-corrected chi connectivity index (χ0v) is 9.50. The van der Waals surface area contributed by atoms with Gasteiger partial charge in [-0.25, -0.2) is 9.78 Å². The van der Waals surface area contributed by atoms with Gasteiger partial charge in [-0.1, -0.05) is 0 Å². The molecule has 6 heteroatoms. The predicted octanol–water partition coefficient (Wildman–Crippen LogP) is 1.73. The summed E-state index contributed by atoms with van der Waals surface area (Å²) >= 11 is 0. The summed E-state index contributed by atoms with van der Waals surface area (Å²) in [5, 5.41) is 2.74. The molecule has 6 nitrogen and oxygen atoms in total. The van der Waals surface area contributed by atoms with Crippen LogP contribution in [0, 0.1) is 0 Å². The second kappa shape index (κ2) is 4.40. The van der Waals surface area contributed by atoms with E-state index in [2.05, 4.69) is 10.3 Å². The van der Waals surface area contributed by atoms with E-state index in [-0.39, 0.29) is 6.03 Å². The molecule has 0 atom stereocenters. The summed E-state index contributed by atoms with van der Waals surface area (Å²) in [5.41, 5.74) is 0.651. The fourth-order valence-corrected chi connectivity index (χ4v) is 1.69. The lowest BCUT2D eigenvalue weighted by atomic mass is 10.2. The molecular formula is C12H11N3O3. The third-order valence-corrected chi connectivity index (χ3v) is 2.53. The number of hydrogen-bond donors (Lipinski definition) is 1. The van der Waals surface area contributed by atoms with Crippen LogP contribution in [0.4, 0.5) is 10.5 Å². The highest BCUT2D eigenvalue weighted by molar-refractivity contribution is 5.91. The second-order valence-electron chi connectivity index (χ2n) is 3.76. The van der Waals surface area contributed by atoms with E-state index in [1.807, 2.05) is 0 Å². The average Bonchev–Trinajstić information content (AvgIpc) is 2.92. The quantitative estimate of drug-likeness (QED) is 0.831. The van der Waals surface area contributed by atoms with E-state index in [1.54, 1.807) is 30.6 Å². The van der Waals surface area contributed by atoms with Crippen molar-refractivity contribution in [2.24, 2.45) is 0 Å². The molecule has 0 bridgehead atoms. The molecule has 2 aromatic rings. The van der Waals surface area contributed by atoms with E-state index in [1.165, 1.54) is 10.9 Å². The van der Waals surface area contributed by atoms with Gasteiger partial charge in [-0.05, 0) is 12.1 Å². The van der Waals surface area contributed by atoms with Crippen molar-refractivity contribution in [3.63, 3.8) is 0 Å². The molecule has 0 saturated carbocycles. The van der Waals surface area contributed by atoms with E-state index < -0.39 is 0 Å². The molecular weight excluding hydrogens is 234 g/mol. The lowest BCUT2D eigenvalue weighted by molar-refractivity contribution is 0.171. The van der Waals surface area contributed by atoms with Gasteiger partial charge in [-0.2, -0.15) is 0 Å².